The van der Waals surface area contributed by atoms with Gasteiger partial charge in [-0.3, -0.25) is 4.79 Å². The summed E-state index contributed by atoms with van der Waals surface area (Å²) in [6.07, 6.45) is 1.29. The van der Waals surface area contributed by atoms with Gasteiger partial charge in [0, 0.05) is 25.2 Å². The number of carbonyl (C=O) groups is 1. The maximum absolute atomic E-state index is 12.5. The fourth-order valence-electron chi connectivity index (χ4n) is 2.95. The van der Waals surface area contributed by atoms with Crippen LogP contribution in [0.15, 0.2) is 48.5 Å². The fourth-order valence-corrected chi connectivity index (χ4v) is 2.95. The summed E-state index contributed by atoms with van der Waals surface area (Å²) >= 11 is 0. The van der Waals surface area contributed by atoms with Crippen LogP contribution in [0.2, 0.25) is 0 Å². The van der Waals surface area contributed by atoms with E-state index in [-0.39, 0.29) is 36.8 Å². The van der Waals surface area contributed by atoms with E-state index in [0.717, 1.165) is 42.9 Å². The summed E-state index contributed by atoms with van der Waals surface area (Å²) in [7, 11) is 0. The lowest BCUT2D eigenvalue weighted by Crippen LogP contribution is -2.36. The van der Waals surface area contributed by atoms with Crippen molar-refractivity contribution in [2.24, 2.45) is 5.73 Å². The second-order valence-corrected chi connectivity index (χ2v) is 6.09. The molecule has 3 rings (SSSR count). The Morgan fingerprint density at radius 1 is 1.08 bits per heavy atom. The molecule has 2 aromatic rings. The second-order valence-electron chi connectivity index (χ2n) is 6.09. The summed E-state index contributed by atoms with van der Waals surface area (Å²) in [5.41, 5.74) is 8.98. The number of rotatable bonds is 4. The summed E-state index contributed by atoms with van der Waals surface area (Å²) in [4.78, 5) is 14.7. The second kappa shape index (κ2) is 10.4. The largest absolute Gasteiger partial charge is 0.393 e. The quantitative estimate of drug-likeness (QED) is 0.739. The van der Waals surface area contributed by atoms with Gasteiger partial charge in [-0.1, -0.05) is 24.3 Å². The van der Waals surface area contributed by atoms with Crippen LogP contribution in [0.4, 0.5) is 11.4 Å². The molecule has 1 fully saturated rings. The van der Waals surface area contributed by atoms with E-state index in [1.807, 2.05) is 36.4 Å². The van der Waals surface area contributed by atoms with Crippen LogP contribution in [0.25, 0.3) is 0 Å². The Morgan fingerprint density at radius 2 is 1.69 bits per heavy atom. The summed E-state index contributed by atoms with van der Waals surface area (Å²) in [5.74, 6) is -0.136. The number of piperidine rings is 1. The standard InChI is InChI=1S/C19H23N3O2.2ClH/c20-13-14-5-7-15(8-6-14)19(24)21-17-3-1-2-4-18(17)22-11-9-16(23)10-12-22;;/h1-8,16,23H,9-13,20H2,(H,21,24);2*1H. The molecular formula is C19H25Cl2N3O2. The number of para-hydroxylation sites is 2. The number of carbonyl (C=O) groups excluding carboxylic acids is 1. The lowest BCUT2D eigenvalue weighted by atomic mass is 10.1. The van der Waals surface area contributed by atoms with Gasteiger partial charge in [-0.15, -0.1) is 24.8 Å². The first-order valence-electron chi connectivity index (χ1n) is 8.30. The lowest BCUT2D eigenvalue weighted by molar-refractivity contribution is 0.102. The van der Waals surface area contributed by atoms with Crippen LogP contribution in [0.3, 0.4) is 0 Å². The number of amides is 1. The zero-order chi connectivity index (χ0) is 16.9. The molecular weight excluding hydrogens is 373 g/mol. The smallest absolute Gasteiger partial charge is 0.255 e. The molecule has 0 unspecified atom stereocenters. The van der Waals surface area contributed by atoms with E-state index in [0.29, 0.717) is 12.1 Å². The average Bonchev–Trinajstić information content (AvgIpc) is 2.63. The molecule has 26 heavy (non-hydrogen) atoms. The zero-order valence-corrected chi connectivity index (χ0v) is 16.1. The first-order chi connectivity index (χ1) is 11.7. The van der Waals surface area contributed by atoms with Gasteiger partial charge in [-0.2, -0.15) is 0 Å². The molecule has 0 spiro atoms. The Kier molecular flexibility index (Phi) is 8.88. The van der Waals surface area contributed by atoms with E-state index in [1.165, 1.54) is 0 Å². The molecule has 1 amide bonds. The van der Waals surface area contributed by atoms with E-state index in [9.17, 15) is 9.90 Å². The number of aliphatic hydroxyl groups excluding tert-OH is 1. The van der Waals surface area contributed by atoms with Gasteiger partial charge in [0.15, 0.2) is 0 Å². The van der Waals surface area contributed by atoms with Crippen molar-refractivity contribution >= 4 is 42.1 Å². The molecule has 5 nitrogen and oxygen atoms in total. The predicted molar refractivity (Wildman–Crippen MR) is 111 cm³/mol. The van der Waals surface area contributed by atoms with Gasteiger partial charge in [-0.25, -0.2) is 0 Å². The van der Waals surface area contributed by atoms with Crippen LogP contribution in [-0.4, -0.2) is 30.2 Å². The Morgan fingerprint density at radius 3 is 2.31 bits per heavy atom. The highest BCUT2D eigenvalue weighted by atomic mass is 35.5. The number of nitrogens with one attached hydrogen (secondary N) is 1. The Hall–Kier alpha value is -1.79. The van der Waals surface area contributed by atoms with Gasteiger partial charge >= 0.3 is 0 Å². The van der Waals surface area contributed by atoms with E-state index >= 15 is 0 Å². The number of aliphatic hydroxyl groups is 1. The molecule has 0 saturated carbocycles. The van der Waals surface area contributed by atoms with Gasteiger partial charge in [0.1, 0.15) is 0 Å². The number of hydrogen-bond acceptors (Lipinski definition) is 4. The molecule has 0 radical (unpaired) electrons. The van der Waals surface area contributed by atoms with Gasteiger partial charge in [-0.05, 0) is 42.7 Å². The van der Waals surface area contributed by atoms with Gasteiger partial charge < -0.3 is 21.1 Å². The van der Waals surface area contributed by atoms with Crippen molar-refractivity contribution in [1.29, 1.82) is 0 Å². The SMILES string of the molecule is Cl.Cl.NCc1ccc(C(=O)Nc2ccccc2N2CCC(O)CC2)cc1. The van der Waals surface area contributed by atoms with Crippen molar-refractivity contribution in [3.05, 3.63) is 59.7 Å². The zero-order valence-electron chi connectivity index (χ0n) is 14.4. The van der Waals surface area contributed by atoms with Crippen LogP contribution >= 0.6 is 24.8 Å². The van der Waals surface area contributed by atoms with E-state index in [4.69, 9.17) is 5.73 Å². The Balaban J connectivity index is 0.00000169. The molecule has 0 aliphatic carbocycles. The molecule has 1 aliphatic heterocycles. The fraction of sp³-hybridized carbons (Fsp3) is 0.316. The van der Waals surface area contributed by atoms with Gasteiger partial charge in [0.2, 0.25) is 0 Å². The lowest BCUT2D eigenvalue weighted by Gasteiger charge is -2.32. The minimum atomic E-state index is -0.218. The van der Waals surface area contributed by atoms with E-state index in [1.54, 1.807) is 12.1 Å². The molecule has 7 heteroatoms. The van der Waals surface area contributed by atoms with Crippen LogP contribution in [0.1, 0.15) is 28.8 Å². The van der Waals surface area contributed by atoms with Gasteiger partial charge in [0.05, 0.1) is 17.5 Å². The first kappa shape index (κ1) is 22.3. The summed E-state index contributed by atoms with van der Waals surface area (Å²) < 4.78 is 0. The van der Waals surface area contributed by atoms with E-state index in [2.05, 4.69) is 10.2 Å². The molecule has 1 heterocycles. The molecule has 2 aromatic carbocycles. The number of halogens is 2. The summed E-state index contributed by atoms with van der Waals surface area (Å²) in [6.45, 7) is 2.05. The van der Waals surface area contributed by atoms with Crippen molar-refractivity contribution in [1.82, 2.24) is 0 Å². The van der Waals surface area contributed by atoms with Crippen LogP contribution in [-0.2, 0) is 6.54 Å². The molecule has 0 aromatic heterocycles. The van der Waals surface area contributed by atoms with Crippen molar-refractivity contribution in [3.8, 4) is 0 Å². The number of anilines is 2. The van der Waals surface area contributed by atoms with Crippen molar-refractivity contribution in [2.75, 3.05) is 23.3 Å². The molecule has 142 valence electrons. The molecule has 0 atom stereocenters. The molecule has 1 aliphatic rings. The molecule has 0 bridgehead atoms. The third kappa shape index (κ3) is 5.35. The van der Waals surface area contributed by atoms with Crippen molar-refractivity contribution < 1.29 is 9.90 Å². The Bertz CT molecular complexity index is 702. The maximum atomic E-state index is 12.5. The monoisotopic (exact) mass is 397 g/mol. The topological polar surface area (TPSA) is 78.6 Å². The highest BCUT2D eigenvalue weighted by molar-refractivity contribution is 6.06. The van der Waals surface area contributed by atoms with Crippen LogP contribution < -0.4 is 16.0 Å². The number of nitrogens with two attached hydrogens (primary N) is 1. The van der Waals surface area contributed by atoms with Crippen LogP contribution in [0.5, 0.6) is 0 Å². The minimum Gasteiger partial charge on any atom is -0.393 e. The van der Waals surface area contributed by atoms with Crippen molar-refractivity contribution in [3.63, 3.8) is 0 Å². The highest BCUT2D eigenvalue weighted by Gasteiger charge is 2.20. The minimum absolute atomic E-state index is 0. The summed E-state index contributed by atoms with van der Waals surface area (Å²) in [5, 5.41) is 12.7. The molecule has 4 N–H and O–H groups in total. The maximum Gasteiger partial charge on any atom is 0.255 e. The molecule has 1 saturated heterocycles. The average molecular weight is 398 g/mol. The summed E-state index contributed by atoms with van der Waals surface area (Å²) in [6, 6.07) is 15.1. The van der Waals surface area contributed by atoms with Crippen molar-refractivity contribution in [2.45, 2.75) is 25.5 Å². The van der Waals surface area contributed by atoms with Crippen LogP contribution in [0, 0.1) is 0 Å². The first-order valence-corrected chi connectivity index (χ1v) is 8.30. The predicted octanol–water partition coefficient (Wildman–Crippen LogP) is 3.20. The third-order valence-corrected chi connectivity index (χ3v) is 4.41. The number of benzene rings is 2. The normalized spacial score (nSPS) is 14.2. The third-order valence-electron chi connectivity index (χ3n) is 4.41. The number of nitrogens with zero attached hydrogens (tertiary/aromatic N) is 1. The van der Waals surface area contributed by atoms with E-state index < -0.39 is 0 Å². The van der Waals surface area contributed by atoms with Gasteiger partial charge in [0.25, 0.3) is 5.91 Å². The highest BCUT2D eigenvalue weighted by Crippen LogP contribution is 2.28. The number of hydrogen-bond donors (Lipinski definition) is 3. The Labute approximate surface area is 166 Å².